The molecule has 6 N–H and O–H groups in total. The Labute approximate surface area is 202 Å². The number of amides is 1. The van der Waals surface area contributed by atoms with E-state index in [1.807, 2.05) is 25.3 Å². The Balaban J connectivity index is 1.75. The van der Waals surface area contributed by atoms with Gasteiger partial charge in [-0.2, -0.15) is 0 Å². The van der Waals surface area contributed by atoms with E-state index >= 15 is 0 Å². The molecule has 0 saturated heterocycles. The molecule has 0 aromatic carbocycles. The fourth-order valence-corrected chi connectivity index (χ4v) is 3.85. The lowest BCUT2D eigenvalue weighted by Gasteiger charge is -2.15. The van der Waals surface area contributed by atoms with Crippen molar-refractivity contribution in [1.29, 1.82) is 5.41 Å². The molecule has 14 heteroatoms. The summed E-state index contributed by atoms with van der Waals surface area (Å²) in [7, 11) is 3.83. The molecule has 0 radical (unpaired) electrons. The molecule has 0 aliphatic rings. The second-order valence-electron chi connectivity index (χ2n) is 7.73. The monoisotopic (exact) mass is 495 g/mol. The smallest absolute Gasteiger partial charge is 0.407 e. The van der Waals surface area contributed by atoms with Gasteiger partial charge >= 0.3 is 12.1 Å². The minimum absolute atomic E-state index is 0.184. The van der Waals surface area contributed by atoms with Crippen LogP contribution in [0.1, 0.15) is 32.1 Å². The Morgan fingerprint density at radius 2 is 2.06 bits per heavy atom. The number of carboxylic acids is 1. The summed E-state index contributed by atoms with van der Waals surface area (Å²) in [5.41, 5.74) is 6.73. The number of guanidine groups is 1. The number of aliphatic carboxylic acids is 1. The molecule has 0 saturated carbocycles. The minimum Gasteiger partial charge on any atom is -0.480 e. The summed E-state index contributed by atoms with van der Waals surface area (Å²) in [5.74, 6) is -0.553. The van der Waals surface area contributed by atoms with Crippen molar-refractivity contribution in [2.45, 2.75) is 49.8 Å². The zero-order valence-electron chi connectivity index (χ0n) is 19.7. The van der Waals surface area contributed by atoms with Crippen LogP contribution >= 0.6 is 11.8 Å². The van der Waals surface area contributed by atoms with Crippen LogP contribution in [0.2, 0.25) is 0 Å². The Kier molecular flexibility index (Phi) is 10.6. The number of anilines is 1. The Bertz CT molecular complexity index is 982. The van der Waals surface area contributed by atoms with Gasteiger partial charge in [-0.3, -0.25) is 5.41 Å². The number of nitrogens with one attached hydrogen (secondary N) is 3. The number of alkyl carbamates (subject to hydrolysis) is 1. The first kappa shape index (κ1) is 27.0. The van der Waals surface area contributed by atoms with Crippen molar-refractivity contribution in [2.24, 2.45) is 5.73 Å². The molecule has 0 unspecified atom stereocenters. The third kappa shape index (κ3) is 7.93. The van der Waals surface area contributed by atoms with Gasteiger partial charge in [0.15, 0.2) is 28.1 Å². The summed E-state index contributed by atoms with van der Waals surface area (Å²) in [6, 6.07) is -1.06. The van der Waals surface area contributed by atoms with E-state index in [0.29, 0.717) is 19.4 Å². The van der Waals surface area contributed by atoms with Crippen LogP contribution in [0.5, 0.6) is 0 Å². The molecule has 2 rings (SSSR count). The molecule has 1 amide bonds. The average Bonchev–Trinajstić information content (AvgIpc) is 3.15. The lowest BCUT2D eigenvalue weighted by Crippen LogP contribution is -2.42. The predicted octanol–water partition coefficient (Wildman–Crippen LogP) is 1.23. The highest BCUT2D eigenvalue weighted by Gasteiger charge is 2.20. The number of carboxylic acid groups (broad SMARTS) is 1. The second kappa shape index (κ2) is 13.4. The number of carbonyl (C=O) groups is 2. The zero-order chi connectivity index (χ0) is 25.1. The van der Waals surface area contributed by atoms with Crippen molar-refractivity contribution in [3.8, 4) is 0 Å². The fraction of sp³-hybridized carbons (Fsp3) is 0.600. The summed E-state index contributed by atoms with van der Waals surface area (Å²) < 4.78 is 7.20. The van der Waals surface area contributed by atoms with Gasteiger partial charge < -0.3 is 35.7 Å². The number of imidazole rings is 1. The Morgan fingerprint density at radius 3 is 2.71 bits per heavy atom. The molecule has 0 bridgehead atoms. The van der Waals surface area contributed by atoms with Gasteiger partial charge in [-0.15, -0.1) is 0 Å². The van der Waals surface area contributed by atoms with Crippen LogP contribution < -0.4 is 21.3 Å². The highest BCUT2D eigenvalue weighted by Crippen LogP contribution is 2.26. The minimum atomic E-state index is -1.14. The van der Waals surface area contributed by atoms with Crippen LogP contribution in [0.25, 0.3) is 11.2 Å². The number of aryl methyl sites for hydroxylation is 1. The summed E-state index contributed by atoms with van der Waals surface area (Å²) in [4.78, 5) is 38.6. The van der Waals surface area contributed by atoms with Gasteiger partial charge in [-0.1, -0.05) is 11.8 Å². The van der Waals surface area contributed by atoms with Crippen LogP contribution in [0.4, 0.5) is 10.6 Å². The SMILES string of the molecule is CSc1nc2c(N(C)C)ncnc2n1CCCCCOC(=O)N[C@H](CCCNC(=N)N)C(=O)O. The lowest BCUT2D eigenvalue weighted by atomic mass is 10.1. The summed E-state index contributed by atoms with van der Waals surface area (Å²) in [6.45, 7) is 1.26. The van der Waals surface area contributed by atoms with E-state index in [0.717, 1.165) is 41.5 Å². The van der Waals surface area contributed by atoms with Gasteiger partial charge in [0.2, 0.25) is 0 Å². The van der Waals surface area contributed by atoms with Gasteiger partial charge in [0.1, 0.15) is 12.4 Å². The summed E-state index contributed by atoms with van der Waals surface area (Å²) in [6.07, 6.45) is 5.67. The predicted molar refractivity (Wildman–Crippen MR) is 130 cm³/mol. The molecule has 188 valence electrons. The molecule has 13 nitrogen and oxygen atoms in total. The van der Waals surface area contributed by atoms with E-state index in [2.05, 4.69) is 30.2 Å². The number of carbonyl (C=O) groups excluding carboxylic acids is 1. The third-order valence-corrected chi connectivity index (χ3v) is 5.60. The molecule has 2 aromatic heterocycles. The molecular formula is C20H33N9O4S. The topological polar surface area (TPSA) is 184 Å². The summed E-state index contributed by atoms with van der Waals surface area (Å²) >= 11 is 1.55. The number of nitrogens with two attached hydrogens (primary N) is 1. The summed E-state index contributed by atoms with van der Waals surface area (Å²) in [5, 5.41) is 22.1. The van der Waals surface area contributed by atoms with Crippen LogP contribution in [0.3, 0.4) is 0 Å². The highest BCUT2D eigenvalue weighted by atomic mass is 32.2. The first-order valence-electron chi connectivity index (χ1n) is 10.9. The third-order valence-electron chi connectivity index (χ3n) is 4.92. The normalized spacial score (nSPS) is 11.7. The second-order valence-corrected chi connectivity index (χ2v) is 8.50. The number of hydrogen-bond acceptors (Lipinski definition) is 9. The van der Waals surface area contributed by atoms with Gasteiger partial charge in [0.25, 0.3) is 0 Å². The zero-order valence-corrected chi connectivity index (χ0v) is 20.5. The number of rotatable bonds is 14. The van der Waals surface area contributed by atoms with E-state index in [-0.39, 0.29) is 19.0 Å². The fourth-order valence-electron chi connectivity index (χ4n) is 3.27. The molecular weight excluding hydrogens is 462 g/mol. The molecule has 2 heterocycles. The number of thioether (sulfide) groups is 1. The Morgan fingerprint density at radius 1 is 1.29 bits per heavy atom. The van der Waals surface area contributed by atoms with Crippen LogP contribution in [0.15, 0.2) is 11.5 Å². The molecule has 1 atom stereocenters. The quantitative estimate of drug-likeness (QED) is 0.110. The van der Waals surface area contributed by atoms with Crippen molar-refractivity contribution < 1.29 is 19.4 Å². The van der Waals surface area contributed by atoms with Crippen LogP contribution in [0, 0.1) is 5.41 Å². The molecule has 0 aliphatic carbocycles. The van der Waals surface area contributed by atoms with Crippen LogP contribution in [-0.4, -0.2) is 82.2 Å². The van der Waals surface area contributed by atoms with Crippen molar-refractivity contribution >= 4 is 46.8 Å². The first-order valence-corrected chi connectivity index (χ1v) is 12.1. The van der Waals surface area contributed by atoms with Crippen molar-refractivity contribution in [1.82, 2.24) is 30.2 Å². The Hall–Kier alpha value is -3.29. The van der Waals surface area contributed by atoms with E-state index < -0.39 is 18.1 Å². The molecule has 34 heavy (non-hydrogen) atoms. The number of nitrogens with zero attached hydrogens (tertiary/aromatic N) is 5. The maximum absolute atomic E-state index is 11.9. The van der Waals surface area contributed by atoms with E-state index in [4.69, 9.17) is 15.9 Å². The van der Waals surface area contributed by atoms with E-state index in [1.54, 1.807) is 11.8 Å². The largest absolute Gasteiger partial charge is 0.480 e. The van der Waals surface area contributed by atoms with E-state index in [1.165, 1.54) is 6.33 Å². The number of aromatic nitrogens is 4. The number of hydrogen-bond donors (Lipinski definition) is 5. The maximum Gasteiger partial charge on any atom is 0.407 e. The van der Waals surface area contributed by atoms with Gasteiger partial charge in [-0.05, 0) is 38.4 Å². The first-order chi connectivity index (χ1) is 16.2. The van der Waals surface area contributed by atoms with Crippen molar-refractivity contribution in [3.05, 3.63) is 6.33 Å². The van der Waals surface area contributed by atoms with E-state index in [9.17, 15) is 14.7 Å². The molecule has 0 aliphatic heterocycles. The van der Waals surface area contributed by atoms with Crippen molar-refractivity contribution in [3.63, 3.8) is 0 Å². The van der Waals surface area contributed by atoms with Gasteiger partial charge in [0, 0.05) is 27.2 Å². The number of fused-ring (bicyclic) bond motifs is 1. The van der Waals surface area contributed by atoms with Gasteiger partial charge in [0.05, 0.1) is 6.61 Å². The number of unbranched alkanes of at least 4 members (excludes halogenated alkanes) is 2. The average molecular weight is 496 g/mol. The lowest BCUT2D eigenvalue weighted by molar-refractivity contribution is -0.139. The van der Waals surface area contributed by atoms with Crippen molar-refractivity contribution in [2.75, 3.05) is 38.4 Å². The number of ether oxygens (including phenoxy) is 1. The standard InChI is InChI=1S/C20H33N9O4S/c1-28(2)15-14-16(25-12-24-15)29(19(27-14)34-3)10-5-4-6-11-33-20(32)26-13(17(30)31)8-7-9-23-18(21)22/h12-13H,4-11H2,1-3H3,(H,26,32)(H,30,31)(H4,21,22,23)/t13-/m1/s1. The highest BCUT2D eigenvalue weighted by molar-refractivity contribution is 7.98. The molecule has 0 fully saturated rings. The maximum atomic E-state index is 11.9. The molecule has 2 aromatic rings. The van der Waals surface area contributed by atoms with Crippen LogP contribution in [-0.2, 0) is 16.1 Å². The molecule has 0 spiro atoms. The van der Waals surface area contributed by atoms with Gasteiger partial charge in [-0.25, -0.2) is 24.5 Å².